The second-order valence-corrected chi connectivity index (χ2v) is 6.14. The number of rotatable bonds is 5. The summed E-state index contributed by atoms with van der Waals surface area (Å²) in [5, 5.41) is 12.2. The normalized spacial score (nSPS) is 22.9. The monoisotopic (exact) mass is 278 g/mol. The fourth-order valence-electron chi connectivity index (χ4n) is 3.34. The number of hydrogen-bond donors (Lipinski definition) is 1. The zero-order valence-corrected chi connectivity index (χ0v) is 12.3. The van der Waals surface area contributed by atoms with Gasteiger partial charge in [0.1, 0.15) is 5.41 Å². The summed E-state index contributed by atoms with van der Waals surface area (Å²) in [4.78, 5) is 12.2. The summed E-state index contributed by atoms with van der Waals surface area (Å²) in [5.41, 5.74) is -0.775. The van der Waals surface area contributed by atoms with Gasteiger partial charge in [-0.15, -0.1) is 0 Å². The largest absolute Gasteiger partial charge is 0.376 e. The highest BCUT2D eigenvalue weighted by molar-refractivity contribution is 5.85. The van der Waals surface area contributed by atoms with Gasteiger partial charge in [-0.3, -0.25) is 4.79 Å². The lowest BCUT2D eigenvalue weighted by atomic mass is 9.74. The number of carbonyl (C=O) groups is 1. The molecule has 4 nitrogen and oxygen atoms in total. The van der Waals surface area contributed by atoms with E-state index in [4.69, 9.17) is 4.74 Å². The van der Waals surface area contributed by atoms with Gasteiger partial charge in [0.25, 0.3) is 0 Å². The van der Waals surface area contributed by atoms with Crippen LogP contribution >= 0.6 is 0 Å². The van der Waals surface area contributed by atoms with Crippen molar-refractivity contribution >= 4 is 5.91 Å². The number of nitrogens with one attached hydrogen (secondary N) is 1. The van der Waals surface area contributed by atoms with Gasteiger partial charge in [0, 0.05) is 6.54 Å². The Labute approximate surface area is 121 Å². The van der Waals surface area contributed by atoms with Crippen LogP contribution in [0.2, 0.25) is 0 Å². The first-order chi connectivity index (χ1) is 9.77. The Morgan fingerprint density at radius 1 is 1.15 bits per heavy atom. The van der Waals surface area contributed by atoms with Crippen molar-refractivity contribution < 1.29 is 9.53 Å². The molecule has 0 bridgehead atoms. The molecule has 112 valence electrons. The van der Waals surface area contributed by atoms with Crippen LogP contribution in [0.25, 0.3) is 0 Å². The van der Waals surface area contributed by atoms with E-state index in [1.165, 1.54) is 19.3 Å². The van der Waals surface area contributed by atoms with Crippen molar-refractivity contribution in [1.29, 1.82) is 5.26 Å². The van der Waals surface area contributed by atoms with Crippen LogP contribution in [-0.2, 0) is 9.53 Å². The number of ether oxygens (including phenoxy) is 1. The molecule has 0 radical (unpaired) electrons. The summed E-state index contributed by atoms with van der Waals surface area (Å²) in [6, 6.07) is 2.25. The van der Waals surface area contributed by atoms with Gasteiger partial charge in [-0.25, -0.2) is 0 Å². The lowest BCUT2D eigenvalue weighted by Gasteiger charge is -2.29. The molecule has 2 saturated carbocycles. The van der Waals surface area contributed by atoms with Crippen molar-refractivity contribution in [2.24, 2.45) is 5.41 Å². The molecule has 2 aliphatic carbocycles. The van der Waals surface area contributed by atoms with Crippen LogP contribution in [-0.4, -0.2) is 25.2 Å². The molecule has 0 atom stereocenters. The summed E-state index contributed by atoms with van der Waals surface area (Å²) in [5.74, 6) is -0.0908. The van der Waals surface area contributed by atoms with Crippen molar-refractivity contribution in [3.8, 4) is 6.07 Å². The van der Waals surface area contributed by atoms with E-state index in [2.05, 4.69) is 11.4 Å². The molecule has 0 saturated heterocycles. The molecule has 20 heavy (non-hydrogen) atoms. The zero-order valence-electron chi connectivity index (χ0n) is 12.3. The fourth-order valence-corrected chi connectivity index (χ4v) is 3.34. The molecule has 0 aromatic carbocycles. The standard InChI is InChI=1S/C16H26N2O2/c17-13-16(9-5-2-6-10-16)15(19)18-11-12-20-14-7-3-1-4-8-14/h14H,1-12H2,(H,18,19). The van der Waals surface area contributed by atoms with Crippen LogP contribution in [0.4, 0.5) is 0 Å². The molecule has 4 heteroatoms. The smallest absolute Gasteiger partial charge is 0.240 e. The van der Waals surface area contributed by atoms with E-state index in [0.717, 1.165) is 32.1 Å². The molecular formula is C16H26N2O2. The van der Waals surface area contributed by atoms with Crippen LogP contribution in [0, 0.1) is 16.7 Å². The Kier molecular flexibility index (Phi) is 5.85. The predicted molar refractivity (Wildman–Crippen MR) is 77.0 cm³/mol. The Hall–Kier alpha value is -1.08. The summed E-state index contributed by atoms with van der Waals surface area (Å²) < 4.78 is 5.79. The minimum atomic E-state index is -0.775. The molecule has 0 spiro atoms. The molecule has 1 N–H and O–H groups in total. The van der Waals surface area contributed by atoms with Crippen LogP contribution in [0.1, 0.15) is 64.2 Å². The van der Waals surface area contributed by atoms with Gasteiger partial charge in [-0.05, 0) is 25.7 Å². The van der Waals surface area contributed by atoms with Gasteiger partial charge in [-0.2, -0.15) is 5.26 Å². The topological polar surface area (TPSA) is 62.1 Å². The highest BCUT2D eigenvalue weighted by atomic mass is 16.5. The number of nitriles is 1. The average molecular weight is 278 g/mol. The highest BCUT2D eigenvalue weighted by Gasteiger charge is 2.39. The van der Waals surface area contributed by atoms with E-state index in [1.54, 1.807) is 0 Å². The molecule has 0 aliphatic heterocycles. The van der Waals surface area contributed by atoms with Crippen LogP contribution < -0.4 is 5.32 Å². The van der Waals surface area contributed by atoms with E-state index >= 15 is 0 Å². The fraction of sp³-hybridized carbons (Fsp3) is 0.875. The Bertz CT molecular complexity index is 350. The van der Waals surface area contributed by atoms with Gasteiger partial charge in [0.2, 0.25) is 5.91 Å². The highest BCUT2D eigenvalue weighted by Crippen LogP contribution is 2.35. The van der Waals surface area contributed by atoms with E-state index in [9.17, 15) is 10.1 Å². The molecule has 0 unspecified atom stereocenters. The molecule has 0 aromatic rings. The number of nitrogens with zero attached hydrogens (tertiary/aromatic N) is 1. The van der Waals surface area contributed by atoms with Gasteiger partial charge in [-0.1, -0.05) is 38.5 Å². The maximum absolute atomic E-state index is 12.2. The third-order valence-electron chi connectivity index (χ3n) is 4.65. The minimum absolute atomic E-state index is 0.0908. The van der Waals surface area contributed by atoms with Crippen molar-refractivity contribution in [2.45, 2.75) is 70.3 Å². The van der Waals surface area contributed by atoms with Crippen molar-refractivity contribution in [3.63, 3.8) is 0 Å². The number of carbonyl (C=O) groups excluding carboxylic acids is 1. The van der Waals surface area contributed by atoms with Gasteiger partial charge in [0.05, 0.1) is 18.8 Å². The third-order valence-corrected chi connectivity index (χ3v) is 4.65. The van der Waals surface area contributed by atoms with Crippen LogP contribution in [0.15, 0.2) is 0 Å². The van der Waals surface area contributed by atoms with Crippen LogP contribution in [0.5, 0.6) is 0 Å². The summed E-state index contributed by atoms with van der Waals surface area (Å²) in [7, 11) is 0. The zero-order chi connectivity index (χ0) is 14.3. The predicted octanol–water partition coefficient (Wildman–Crippen LogP) is 2.93. The summed E-state index contributed by atoms with van der Waals surface area (Å²) >= 11 is 0. The summed E-state index contributed by atoms with van der Waals surface area (Å²) in [6.45, 7) is 1.09. The Morgan fingerprint density at radius 2 is 1.80 bits per heavy atom. The van der Waals surface area contributed by atoms with Gasteiger partial charge < -0.3 is 10.1 Å². The first-order valence-electron chi connectivity index (χ1n) is 8.08. The second kappa shape index (κ2) is 7.64. The SMILES string of the molecule is N#CC1(C(=O)NCCOC2CCCCC2)CCCCC1. The lowest BCUT2D eigenvalue weighted by molar-refractivity contribution is -0.130. The Balaban J connectivity index is 1.67. The molecular weight excluding hydrogens is 252 g/mol. The van der Waals surface area contributed by atoms with E-state index < -0.39 is 5.41 Å². The van der Waals surface area contributed by atoms with Gasteiger partial charge >= 0.3 is 0 Å². The molecule has 2 rings (SSSR count). The molecule has 2 fully saturated rings. The quantitative estimate of drug-likeness (QED) is 0.786. The van der Waals surface area contributed by atoms with Crippen molar-refractivity contribution in [1.82, 2.24) is 5.32 Å². The molecule has 0 heterocycles. The first-order valence-corrected chi connectivity index (χ1v) is 8.08. The summed E-state index contributed by atoms with van der Waals surface area (Å²) in [6.07, 6.45) is 11.0. The minimum Gasteiger partial charge on any atom is -0.376 e. The average Bonchev–Trinajstić information content (AvgIpc) is 2.53. The van der Waals surface area contributed by atoms with E-state index in [1.807, 2.05) is 0 Å². The molecule has 1 amide bonds. The van der Waals surface area contributed by atoms with Crippen LogP contribution in [0.3, 0.4) is 0 Å². The second-order valence-electron chi connectivity index (χ2n) is 6.14. The maximum atomic E-state index is 12.2. The van der Waals surface area contributed by atoms with Crippen molar-refractivity contribution in [2.75, 3.05) is 13.2 Å². The number of hydrogen-bond acceptors (Lipinski definition) is 3. The van der Waals surface area contributed by atoms with E-state index in [-0.39, 0.29) is 5.91 Å². The number of amides is 1. The lowest BCUT2D eigenvalue weighted by Crippen LogP contribution is -2.42. The van der Waals surface area contributed by atoms with E-state index in [0.29, 0.717) is 32.1 Å². The van der Waals surface area contributed by atoms with Crippen molar-refractivity contribution in [3.05, 3.63) is 0 Å². The molecule has 0 aromatic heterocycles. The maximum Gasteiger partial charge on any atom is 0.240 e. The third kappa shape index (κ3) is 3.96. The molecule has 2 aliphatic rings. The Morgan fingerprint density at radius 3 is 2.45 bits per heavy atom. The van der Waals surface area contributed by atoms with Gasteiger partial charge in [0.15, 0.2) is 0 Å². The first kappa shape index (κ1) is 15.3.